The van der Waals surface area contributed by atoms with Gasteiger partial charge < -0.3 is 5.32 Å². The molecule has 108 valence electrons. The summed E-state index contributed by atoms with van der Waals surface area (Å²) in [5.41, 5.74) is 9.10. The van der Waals surface area contributed by atoms with E-state index in [1.165, 1.54) is 54.5 Å². The Balaban J connectivity index is 1.52. The second kappa shape index (κ2) is 5.55. The normalized spacial score (nSPS) is 16.2. The molecule has 4 rings (SSSR count). The predicted molar refractivity (Wildman–Crippen MR) is 89.1 cm³/mol. The first kappa shape index (κ1) is 12.9. The molecule has 2 aromatic rings. The van der Waals surface area contributed by atoms with Crippen LogP contribution in [0.25, 0.3) is 0 Å². The minimum absolute atomic E-state index is 1.13. The summed E-state index contributed by atoms with van der Waals surface area (Å²) in [6.07, 6.45) is 8.71. The molecular weight excluding hydrogens is 254 g/mol. The van der Waals surface area contributed by atoms with Crippen molar-refractivity contribution in [3.63, 3.8) is 0 Å². The number of para-hydroxylation sites is 1. The molecule has 1 heterocycles. The van der Waals surface area contributed by atoms with E-state index in [1.54, 1.807) is 11.1 Å². The molecule has 21 heavy (non-hydrogen) atoms. The highest BCUT2D eigenvalue weighted by molar-refractivity contribution is 5.59. The van der Waals surface area contributed by atoms with Gasteiger partial charge in [0.1, 0.15) is 0 Å². The number of hydrogen-bond acceptors (Lipinski definition) is 1. The monoisotopic (exact) mass is 277 g/mol. The Labute approximate surface area is 127 Å². The van der Waals surface area contributed by atoms with Gasteiger partial charge in [0.15, 0.2) is 0 Å². The molecule has 0 bridgehead atoms. The van der Waals surface area contributed by atoms with Crippen LogP contribution >= 0.6 is 0 Å². The number of hydrogen-bond donors (Lipinski definition) is 1. The van der Waals surface area contributed by atoms with Gasteiger partial charge in [0.25, 0.3) is 0 Å². The van der Waals surface area contributed by atoms with Gasteiger partial charge in [-0.25, -0.2) is 0 Å². The molecule has 0 saturated heterocycles. The lowest BCUT2D eigenvalue weighted by Gasteiger charge is -2.21. The SMILES string of the molecule is c1cc2c(c(CCc3ccc4c(c3)CCC4)c1)NCCC2. The Hall–Kier alpha value is -1.76. The second-order valence-corrected chi connectivity index (χ2v) is 6.44. The minimum atomic E-state index is 1.13. The highest BCUT2D eigenvalue weighted by Gasteiger charge is 2.13. The van der Waals surface area contributed by atoms with E-state index in [2.05, 4.69) is 41.7 Å². The highest BCUT2D eigenvalue weighted by atomic mass is 14.9. The molecule has 0 fully saturated rings. The summed E-state index contributed by atoms with van der Waals surface area (Å²) in [4.78, 5) is 0. The van der Waals surface area contributed by atoms with E-state index in [1.807, 2.05) is 0 Å². The zero-order valence-corrected chi connectivity index (χ0v) is 12.6. The minimum Gasteiger partial charge on any atom is -0.385 e. The third-order valence-electron chi connectivity index (χ3n) is 5.01. The molecule has 0 aromatic heterocycles. The predicted octanol–water partition coefficient (Wildman–Crippen LogP) is 4.32. The molecule has 0 spiro atoms. The Bertz CT molecular complexity index is 657. The molecule has 0 amide bonds. The average molecular weight is 277 g/mol. The van der Waals surface area contributed by atoms with Crippen LogP contribution in [0, 0.1) is 0 Å². The van der Waals surface area contributed by atoms with Gasteiger partial charge in [0.2, 0.25) is 0 Å². The van der Waals surface area contributed by atoms with Gasteiger partial charge in [-0.15, -0.1) is 0 Å². The van der Waals surface area contributed by atoms with Gasteiger partial charge in [-0.1, -0.05) is 36.4 Å². The van der Waals surface area contributed by atoms with Crippen LogP contribution in [0.3, 0.4) is 0 Å². The molecule has 0 atom stereocenters. The van der Waals surface area contributed by atoms with E-state index in [-0.39, 0.29) is 0 Å². The maximum Gasteiger partial charge on any atom is 0.0405 e. The van der Waals surface area contributed by atoms with Crippen molar-refractivity contribution in [2.45, 2.75) is 44.9 Å². The van der Waals surface area contributed by atoms with E-state index in [4.69, 9.17) is 0 Å². The molecule has 2 aromatic carbocycles. The van der Waals surface area contributed by atoms with E-state index >= 15 is 0 Å². The Kier molecular flexibility index (Phi) is 3.42. The Morgan fingerprint density at radius 1 is 0.810 bits per heavy atom. The first-order chi connectivity index (χ1) is 10.4. The van der Waals surface area contributed by atoms with Gasteiger partial charge in [0.05, 0.1) is 0 Å². The zero-order valence-electron chi connectivity index (χ0n) is 12.6. The van der Waals surface area contributed by atoms with Crippen LogP contribution in [0.1, 0.15) is 40.7 Å². The number of benzene rings is 2. The summed E-state index contributed by atoms with van der Waals surface area (Å²) in [5.74, 6) is 0. The maximum absolute atomic E-state index is 3.61. The molecule has 0 saturated carbocycles. The Morgan fingerprint density at radius 2 is 1.71 bits per heavy atom. The van der Waals surface area contributed by atoms with Crippen molar-refractivity contribution in [1.82, 2.24) is 0 Å². The third kappa shape index (κ3) is 2.57. The topological polar surface area (TPSA) is 12.0 Å². The fourth-order valence-electron chi connectivity index (χ4n) is 3.85. The molecule has 1 N–H and O–H groups in total. The number of rotatable bonds is 3. The summed E-state index contributed by atoms with van der Waals surface area (Å²) in [5, 5.41) is 3.61. The van der Waals surface area contributed by atoms with Crippen LogP contribution in [0.4, 0.5) is 5.69 Å². The van der Waals surface area contributed by atoms with Crippen LogP contribution in [-0.4, -0.2) is 6.54 Å². The largest absolute Gasteiger partial charge is 0.385 e. The second-order valence-electron chi connectivity index (χ2n) is 6.44. The van der Waals surface area contributed by atoms with Gasteiger partial charge >= 0.3 is 0 Å². The van der Waals surface area contributed by atoms with Crippen molar-refractivity contribution >= 4 is 5.69 Å². The van der Waals surface area contributed by atoms with Crippen molar-refractivity contribution in [3.05, 3.63) is 64.2 Å². The van der Waals surface area contributed by atoms with E-state index in [9.17, 15) is 0 Å². The molecule has 1 heteroatoms. The third-order valence-corrected chi connectivity index (χ3v) is 5.01. The molecule has 1 aliphatic carbocycles. The van der Waals surface area contributed by atoms with Crippen LogP contribution in [0.15, 0.2) is 36.4 Å². The van der Waals surface area contributed by atoms with E-state index < -0.39 is 0 Å². The smallest absolute Gasteiger partial charge is 0.0405 e. The summed E-state index contributed by atoms with van der Waals surface area (Å²) in [6, 6.07) is 13.9. The van der Waals surface area contributed by atoms with Crippen molar-refractivity contribution in [3.8, 4) is 0 Å². The Morgan fingerprint density at radius 3 is 2.71 bits per heavy atom. The molecule has 2 aliphatic rings. The van der Waals surface area contributed by atoms with Crippen molar-refractivity contribution < 1.29 is 0 Å². The van der Waals surface area contributed by atoms with Gasteiger partial charge in [-0.05, 0) is 72.8 Å². The summed E-state index contributed by atoms with van der Waals surface area (Å²) >= 11 is 0. The first-order valence-corrected chi connectivity index (χ1v) is 8.35. The van der Waals surface area contributed by atoms with Crippen LogP contribution in [0.5, 0.6) is 0 Å². The van der Waals surface area contributed by atoms with Crippen LogP contribution < -0.4 is 5.32 Å². The molecule has 1 nitrogen and oxygen atoms in total. The summed E-state index contributed by atoms with van der Waals surface area (Å²) in [7, 11) is 0. The highest BCUT2D eigenvalue weighted by Crippen LogP contribution is 2.28. The average Bonchev–Trinajstić information content (AvgIpc) is 3.00. The van der Waals surface area contributed by atoms with Crippen molar-refractivity contribution in [2.75, 3.05) is 11.9 Å². The number of fused-ring (bicyclic) bond motifs is 2. The van der Waals surface area contributed by atoms with E-state index in [0.29, 0.717) is 0 Å². The number of anilines is 1. The quantitative estimate of drug-likeness (QED) is 0.881. The summed E-state index contributed by atoms with van der Waals surface area (Å²) < 4.78 is 0. The van der Waals surface area contributed by atoms with Gasteiger partial charge in [-0.2, -0.15) is 0 Å². The summed E-state index contributed by atoms with van der Waals surface area (Å²) in [6.45, 7) is 1.13. The van der Waals surface area contributed by atoms with Crippen molar-refractivity contribution in [1.29, 1.82) is 0 Å². The fourth-order valence-corrected chi connectivity index (χ4v) is 3.85. The van der Waals surface area contributed by atoms with Crippen molar-refractivity contribution in [2.24, 2.45) is 0 Å². The number of nitrogens with one attached hydrogen (secondary N) is 1. The molecular formula is C20H23N. The zero-order chi connectivity index (χ0) is 14.1. The standard InChI is InChI=1S/C20H23N/c1-4-16-11-9-15(14-19(16)7-1)10-12-18-6-2-5-17-8-3-13-21-20(17)18/h2,5-6,9,11,14,21H,1,3-4,7-8,10,12-13H2. The fraction of sp³-hybridized carbons (Fsp3) is 0.400. The lowest BCUT2D eigenvalue weighted by atomic mass is 9.95. The molecule has 0 radical (unpaired) electrons. The first-order valence-electron chi connectivity index (χ1n) is 8.35. The lowest BCUT2D eigenvalue weighted by Crippen LogP contribution is -2.14. The van der Waals surface area contributed by atoms with Gasteiger partial charge in [0, 0.05) is 12.2 Å². The molecule has 1 aliphatic heterocycles. The molecule has 0 unspecified atom stereocenters. The number of aryl methyl sites for hydroxylation is 5. The van der Waals surface area contributed by atoms with Gasteiger partial charge in [-0.3, -0.25) is 0 Å². The van der Waals surface area contributed by atoms with Crippen LogP contribution in [0.2, 0.25) is 0 Å². The lowest BCUT2D eigenvalue weighted by molar-refractivity contribution is 0.820. The van der Waals surface area contributed by atoms with E-state index in [0.717, 1.165) is 19.4 Å². The maximum atomic E-state index is 3.61. The van der Waals surface area contributed by atoms with Crippen LogP contribution in [-0.2, 0) is 32.1 Å².